The smallest absolute Gasteiger partial charge is 0.329 e. The third kappa shape index (κ3) is 6.06. The number of ether oxygens (including phenoxy) is 2. The molecule has 4 amide bonds. The van der Waals surface area contributed by atoms with Crippen LogP contribution in [0.2, 0.25) is 5.02 Å². The maximum absolute atomic E-state index is 12.7. The number of carbonyl (C=O) groups is 3. The normalized spacial score (nSPS) is 15.4. The van der Waals surface area contributed by atoms with Crippen LogP contribution in [-0.2, 0) is 9.59 Å². The van der Waals surface area contributed by atoms with E-state index in [0.29, 0.717) is 27.8 Å². The molecule has 2 N–H and O–H groups in total. The van der Waals surface area contributed by atoms with Crippen molar-refractivity contribution in [3.63, 3.8) is 0 Å². The average molecular weight is 537 g/mol. The number of methoxy groups -OCH3 is 1. The Morgan fingerprint density at radius 2 is 1.97 bits per heavy atom. The molecule has 0 bridgehead atoms. The summed E-state index contributed by atoms with van der Waals surface area (Å²) in [6.45, 7) is 3.48. The lowest BCUT2D eigenvalue weighted by Crippen LogP contribution is -2.38. The van der Waals surface area contributed by atoms with Gasteiger partial charge in [0.2, 0.25) is 5.91 Å². The van der Waals surface area contributed by atoms with E-state index in [4.69, 9.17) is 21.1 Å². The molecule has 1 atom stereocenters. The topological polar surface area (TPSA) is 97.0 Å². The van der Waals surface area contributed by atoms with E-state index in [0.717, 1.165) is 15.8 Å². The monoisotopic (exact) mass is 535 g/mol. The molecule has 1 fully saturated rings. The fraction of sp³-hybridized carbons (Fsp3) is 0.261. The predicted octanol–water partition coefficient (Wildman–Crippen LogP) is 4.82. The summed E-state index contributed by atoms with van der Waals surface area (Å²) in [5.41, 5.74) is 1.09. The molecule has 3 rings (SSSR count). The van der Waals surface area contributed by atoms with Crippen LogP contribution in [0.5, 0.6) is 11.5 Å². The van der Waals surface area contributed by atoms with Crippen molar-refractivity contribution < 1.29 is 23.9 Å². The molecule has 2 aromatic rings. The molecule has 0 spiro atoms. The number of urea groups is 1. The van der Waals surface area contributed by atoms with Crippen LogP contribution in [0, 0.1) is 0 Å². The van der Waals surface area contributed by atoms with Gasteiger partial charge in [0.25, 0.3) is 5.91 Å². The standard InChI is InChI=1S/C23H23BrClN3O5/c1-4-13(2)33-21-17(25)9-14(11-19(21)32-3)10-18-22(30)28(23(31)27-18)12-20(29)26-16-7-5-15(24)6-8-16/h5-11,13H,4,12H2,1-3H3,(H,26,29)(H,27,31)/b18-10-/t13-/m0/s1. The van der Waals surface area contributed by atoms with Gasteiger partial charge in [-0.05, 0) is 61.4 Å². The Morgan fingerprint density at radius 3 is 2.61 bits per heavy atom. The molecule has 2 aromatic carbocycles. The first-order valence-electron chi connectivity index (χ1n) is 10.2. The molecule has 1 aliphatic rings. The minimum atomic E-state index is -0.688. The van der Waals surface area contributed by atoms with Gasteiger partial charge in [-0.1, -0.05) is 34.5 Å². The van der Waals surface area contributed by atoms with E-state index in [1.807, 2.05) is 13.8 Å². The van der Waals surface area contributed by atoms with Gasteiger partial charge in [0, 0.05) is 10.2 Å². The van der Waals surface area contributed by atoms with Gasteiger partial charge in [-0.3, -0.25) is 9.59 Å². The highest BCUT2D eigenvalue weighted by atomic mass is 79.9. The largest absolute Gasteiger partial charge is 0.493 e. The second kappa shape index (κ2) is 10.7. The number of hydrogen-bond acceptors (Lipinski definition) is 5. The number of halogens is 2. The summed E-state index contributed by atoms with van der Waals surface area (Å²) in [6.07, 6.45) is 2.19. The highest BCUT2D eigenvalue weighted by Crippen LogP contribution is 2.38. The van der Waals surface area contributed by atoms with Crippen LogP contribution < -0.4 is 20.1 Å². The lowest BCUT2D eigenvalue weighted by atomic mass is 10.1. The molecule has 0 aliphatic carbocycles. The van der Waals surface area contributed by atoms with Crippen molar-refractivity contribution in [1.29, 1.82) is 0 Å². The molecule has 0 radical (unpaired) electrons. The Kier molecular flexibility index (Phi) is 7.99. The second-order valence-corrected chi connectivity index (χ2v) is 8.63. The van der Waals surface area contributed by atoms with Gasteiger partial charge in [0.15, 0.2) is 11.5 Å². The van der Waals surface area contributed by atoms with Gasteiger partial charge in [-0.2, -0.15) is 0 Å². The lowest BCUT2D eigenvalue weighted by Gasteiger charge is -2.17. The van der Waals surface area contributed by atoms with Crippen molar-refractivity contribution in [2.75, 3.05) is 19.0 Å². The Bertz CT molecular complexity index is 1100. The Morgan fingerprint density at radius 1 is 1.27 bits per heavy atom. The van der Waals surface area contributed by atoms with Crippen molar-refractivity contribution in [1.82, 2.24) is 10.2 Å². The van der Waals surface area contributed by atoms with Crippen LogP contribution in [0.25, 0.3) is 6.08 Å². The third-order valence-electron chi connectivity index (χ3n) is 4.85. The molecule has 8 nitrogen and oxygen atoms in total. The number of hydrogen-bond donors (Lipinski definition) is 2. The molecule has 1 aliphatic heterocycles. The number of anilines is 1. The zero-order chi connectivity index (χ0) is 24.1. The van der Waals surface area contributed by atoms with Gasteiger partial charge < -0.3 is 20.1 Å². The average Bonchev–Trinajstić information content (AvgIpc) is 3.04. The van der Waals surface area contributed by atoms with Crippen LogP contribution in [-0.4, -0.2) is 42.5 Å². The van der Waals surface area contributed by atoms with Crippen LogP contribution in [0.1, 0.15) is 25.8 Å². The number of imide groups is 1. The van der Waals surface area contributed by atoms with Crippen LogP contribution >= 0.6 is 27.5 Å². The summed E-state index contributed by atoms with van der Waals surface area (Å²) >= 11 is 9.69. The highest BCUT2D eigenvalue weighted by Gasteiger charge is 2.35. The first-order valence-corrected chi connectivity index (χ1v) is 11.3. The van der Waals surface area contributed by atoms with Crippen molar-refractivity contribution in [2.45, 2.75) is 26.4 Å². The number of nitrogens with one attached hydrogen (secondary N) is 2. The summed E-state index contributed by atoms with van der Waals surface area (Å²) in [4.78, 5) is 38.2. The first kappa shape index (κ1) is 24.6. The molecule has 10 heteroatoms. The predicted molar refractivity (Wildman–Crippen MR) is 129 cm³/mol. The maximum Gasteiger partial charge on any atom is 0.329 e. The summed E-state index contributed by atoms with van der Waals surface area (Å²) in [5, 5.41) is 5.45. The zero-order valence-electron chi connectivity index (χ0n) is 18.3. The number of carbonyl (C=O) groups excluding carboxylic acids is 3. The van der Waals surface area contributed by atoms with Gasteiger partial charge in [-0.25, -0.2) is 9.69 Å². The molecule has 0 saturated carbocycles. The van der Waals surface area contributed by atoms with Crippen molar-refractivity contribution in [3.8, 4) is 11.5 Å². The van der Waals surface area contributed by atoms with Gasteiger partial charge >= 0.3 is 6.03 Å². The lowest BCUT2D eigenvalue weighted by molar-refractivity contribution is -0.127. The summed E-state index contributed by atoms with van der Waals surface area (Å²) in [5.74, 6) is -0.319. The molecule has 174 valence electrons. The van der Waals surface area contributed by atoms with Gasteiger partial charge in [0.05, 0.1) is 18.2 Å². The summed E-state index contributed by atoms with van der Waals surface area (Å²) in [7, 11) is 1.49. The van der Waals surface area contributed by atoms with Crippen molar-refractivity contribution >= 4 is 57.1 Å². The Hall–Kier alpha value is -3.04. The highest BCUT2D eigenvalue weighted by molar-refractivity contribution is 9.10. The van der Waals surface area contributed by atoms with Crippen LogP contribution in [0.3, 0.4) is 0 Å². The molecular weight excluding hydrogens is 514 g/mol. The third-order valence-corrected chi connectivity index (χ3v) is 5.66. The first-order chi connectivity index (χ1) is 15.7. The molecule has 0 unspecified atom stereocenters. The number of amides is 4. The Balaban J connectivity index is 1.75. The fourth-order valence-electron chi connectivity index (χ4n) is 2.98. The Labute approximate surface area is 205 Å². The van der Waals surface area contributed by atoms with E-state index in [-0.39, 0.29) is 11.8 Å². The molecule has 0 aromatic heterocycles. The van der Waals surface area contributed by atoms with Gasteiger partial charge in [0.1, 0.15) is 12.2 Å². The molecular formula is C23H23BrClN3O5. The van der Waals surface area contributed by atoms with E-state index in [1.165, 1.54) is 13.2 Å². The molecule has 33 heavy (non-hydrogen) atoms. The number of nitrogens with zero attached hydrogens (tertiary/aromatic N) is 1. The maximum atomic E-state index is 12.7. The molecule has 1 heterocycles. The van der Waals surface area contributed by atoms with Crippen molar-refractivity contribution in [3.05, 3.63) is 57.2 Å². The quantitative estimate of drug-likeness (QED) is 0.372. The second-order valence-electron chi connectivity index (χ2n) is 7.31. The van der Waals surface area contributed by atoms with E-state index in [9.17, 15) is 14.4 Å². The summed E-state index contributed by atoms with van der Waals surface area (Å²) < 4.78 is 12.1. The number of benzene rings is 2. The minimum Gasteiger partial charge on any atom is -0.493 e. The van der Waals surface area contributed by atoms with Crippen LogP contribution in [0.15, 0.2) is 46.6 Å². The minimum absolute atomic E-state index is 0.0187. The van der Waals surface area contributed by atoms with E-state index in [1.54, 1.807) is 36.4 Å². The van der Waals surface area contributed by atoms with E-state index in [2.05, 4.69) is 26.6 Å². The molecule has 1 saturated heterocycles. The van der Waals surface area contributed by atoms with Crippen LogP contribution in [0.4, 0.5) is 10.5 Å². The zero-order valence-corrected chi connectivity index (χ0v) is 20.6. The van der Waals surface area contributed by atoms with Crippen molar-refractivity contribution in [2.24, 2.45) is 0 Å². The van der Waals surface area contributed by atoms with E-state index >= 15 is 0 Å². The van der Waals surface area contributed by atoms with Gasteiger partial charge in [-0.15, -0.1) is 0 Å². The summed E-state index contributed by atoms with van der Waals surface area (Å²) in [6, 6.07) is 9.50. The fourth-order valence-corrected chi connectivity index (χ4v) is 3.51. The number of rotatable bonds is 8. The SMILES string of the molecule is CC[C@H](C)Oc1c(Cl)cc(/C=C2\NC(=O)N(CC(=O)Nc3ccc(Br)cc3)C2=O)cc1OC. The van der Waals surface area contributed by atoms with E-state index < -0.39 is 24.4 Å².